The Labute approximate surface area is 426 Å². The van der Waals surface area contributed by atoms with Gasteiger partial charge in [0.25, 0.3) is 11.8 Å². The number of carbonyl (C=O) groups is 4. The minimum Gasteiger partial charge on any atom is -0.391 e. The highest BCUT2D eigenvalue weighted by molar-refractivity contribution is 7.22. The summed E-state index contributed by atoms with van der Waals surface area (Å²) in [5.41, 5.74) is 6.35. The van der Waals surface area contributed by atoms with Crippen molar-refractivity contribution in [2.24, 2.45) is 16.7 Å². The van der Waals surface area contributed by atoms with Gasteiger partial charge in [0.2, 0.25) is 5.91 Å². The SMILES string of the molecule is Cc1c(-c2ccc(N3CCc4cccc(C(=O)Nc5nc6ccccc6s5)c4C3)nc2C(=O)N2CCN(C3CC4(C3)CN(C(=O)NC(C(=O)N3CCC(O)C3)C(C)(C)C)C4)CC2)cnn1CC1CCCCC1. The van der Waals surface area contributed by atoms with Gasteiger partial charge in [-0.25, -0.2) is 14.8 Å². The normalized spacial score (nSPS) is 21.1. The zero-order valence-electron chi connectivity index (χ0n) is 42.2. The highest BCUT2D eigenvalue weighted by atomic mass is 32.1. The summed E-state index contributed by atoms with van der Waals surface area (Å²) < 4.78 is 3.14. The third-order valence-electron chi connectivity index (χ3n) is 16.6. The maximum Gasteiger partial charge on any atom is 0.318 e. The maximum absolute atomic E-state index is 15.0. The highest BCUT2D eigenvalue weighted by Gasteiger charge is 2.56. The zero-order valence-corrected chi connectivity index (χ0v) is 43.1. The van der Waals surface area contributed by atoms with E-state index in [1.165, 1.54) is 43.4 Å². The molecule has 1 spiro atoms. The lowest BCUT2D eigenvalue weighted by Gasteiger charge is -2.61. The number of fused-ring (bicyclic) bond motifs is 2. The van der Waals surface area contributed by atoms with Gasteiger partial charge in [-0.1, -0.05) is 75.6 Å². The molecule has 5 aromatic rings. The van der Waals surface area contributed by atoms with Crippen molar-refractivity contribution in [2.75, 3.05) is 69.1 Å². The molecule has 5 fully saturated rings. The topological polar surface area (TPSA) is 172 Å². The van der Waals surface area contributed by atoms with Crippen molar-refractivity contribution in [3.8, 4) is 11.1 Å². The van der Waals surface area contributed by atoms with E-state index in [1.807, 2.05) is 79.2 Å². The molecule has 2 saturated carbocycles. The molecule has 3 aromatic heterocycles. The van der Waals surface area contributed by atoms with Crippen molar-refractivity contribution >= 4 is 56.3 Å². The van der Waals surface area contributed by atoms with Gasteiger partial charge in [-0.3, -0.25) is 29.3 Å². The molecule has 0 bridgehead atoms. The van der Waals surface area contributed by atoms with Gasteiger partial charge in [0, 0.05) is 106 Å². The monoisotopic (exact) mass is 996 g/mol. The van der Waals surface area contributed by atoms with E-state index >= 15 is 0 Å². The lowest BCUT2D eigenvalue weighted by Crippen LogP contribution is -2.70. The maximum atomic E-state index is 15.0. The van der Waals surface area contributed by atoms with E-state index in [1.54, 1.807) is 4.90 Å². The number of anilines is 2. The number of aromatic nitrogens is 4. The number of piperazine rings is 1. The molecule has 2 atom stereocenters. The number of likely N-dealkylation sites (tertiary alicyclic amines) is 2. The van der Waals surface area contributed by atoms with E-state index in [9.17, 15) is 24.3 Å². The Hall–Kier alpha value is -5.91. The summed E-state index contributed by atoms with van der Waals surface area (Å²) in [6, 6.07) is 17.4. The predicted molar refractivity (Wildman–Crippen MR) is 279 cm³/mol. The molecule has 2 aliphatic carbocycles. The second-order valence-corrected chi connectivity index (χ2v) is 23.7. The van der Waals surface area contributed by atoms with Crippen molar-refractivity contribution in [1.82, 2.24) is 44.7 Å². The van der Waals surface area contributed by atoms with Crippen LogP contribution < -0.4 is 15.5 Å². The molecular formula is C55H69N11O5S. The first-order valence-electron chi connectivity index (χ1n) is 26.3. The molecule has 2 unspecified atom stereocenters. The Morgan fingerprint density at radius 2 is 1.62 bits per heavy atom. The van der Waals surface area contributed by atoms with Crippen LogP contribution >= 0.6 is 11.3 Å². The number of benzene rings is 2. The summed E-state index contributed by atoms with van der Waals surface area (Å²) in [7, 11) is 0. The zero-order chi connectivity index (χ0) is 49.9. The third kappa shape index (κ3) is 9.59. The Bertz CT molecular complexity index is 2830. The molecule has 17 heteroatoms. The highest BCUT2D eigenvalue weighted by Crippen LogP contribution is 2.50. The largest absolute Gasteiger partial charge is 0.391 e. The second kappa shape index (κ2) is 19.5. The first kappa shape index (κ1) is 48.4. The van der Waals surface area contributed by atoms with Crippen LogP contribution in [0.2, 0.25) is 0 Å². The number of hydrogen-bond donors (Lipinski definition) is 3. The van der Waals surface area contributed by atoms with Crippen LogP contribution in [-0.4, -0.2) is 145 Å². The van der Waals surface area contributed by atoms with Gasteiger partial charge in [-0.05, 0) is 98.2 Å². The van der Waals surface area contributed by atoms with Crippen LogP contribution in [0.25, 0.3) is 21.3 Å². The Morgan fingerprint density at radius 1 is 0.847 bits per heavy atom. The Balaban J connectivity index is 0.764. The van der Waals surface area contributed by atoms with E-state index < -0.39 is 17.6 Å². The fraction of sp³-hybridized carbons (Fsp3) is 0.545. The quantitative estimate of drug-likeness (QED) is 0.130. The summed E-state index contributed by atoms with van der Waals surface area (Å²) >= 11 is 1.46. The van der Waals surface area contributed by atoms with Crippen LogP contribution in [-0.2, 0) is 24.3 Å². The molecule has 7 heterocycles. The lowest BCUT2D eigenvalue weighted by atomic mass is 9.60. The van der Waals surface area contributed by atoms with Gasteiger partial charge in [0.15, 0.2) is 5.13 Å². The first-order valence-corrected chi connectivity index (χ1v) is 27.1. The molecule has 2 aromatic carbocycles. The number of amides is 5. The fourth-order valence-corrected chi connectivity index (χ4v) is 13.2. The Morgan fingerprint density at radius 3 is 2.36 bits per heavy atom. The van der Waals surface area contributed by atoms with Crippen LogP contribution in [0.4, 0.5) is 15.7 Å². The standard InChI is InChI=1S/C55H69N11O5S/c1-35-42(29-56-66(35)30-36-11-6-5-7-12-36)40-17-18-46(63-21-19-37-13-10-14-41(43(37)32-63)49(68)60-52-57-44-15-8-9-16-45(44)72-52)58-47(40)50(69)62-25-23-61(24-26-62)38-27-55(28-38)33-65(34-55)53(71)59-48(54(2,3)4)51(70)64-22-20-39(67)31-64/h8-10,13-18,29,36,38-39,48,67H,5-7,11-12,19-28,30-34H2,1-4H3,(H,59,71)(H,57,60,68). The summed E-state index contributed by atoms with van der Waals surface area (Å²) in [5.74, 6) is 0.895. The van der Waals surface area contributed by atoms with Gasteiger partial charge in [-0.15, -0.1) is 0 Å². The second-order valence-electron chi connectivity index (χ2n) is 22.7. The van der Waals surface area contributed by atoms with Crippen LogP contribution in [0.15, 0.2) is 60.8 Å². The van der Waals surface area contributed by atoms with E-state index in [4.69, 9.17) is 10.1 Å². The number of β-amino-alcohol motifs (C(OH)–C–C–N with tert-alkyl or cyclic N) is 1. The minimum atomic E-state index is -0.672. The number of para-hydroxylation sites is 1. The van der Waals surface area contributed by atoms with Crippen molar-refractivity contribution in [3.05, 3.63) is 88.9 Å². The van der Waals surface area contributed by atoms with Crippen LogP contribution in [0.5, 0.6) is 0 Å². The van der Waals surface area contributed by atoms with Crippen molar-refractivity contribution in [2.45, 2.75) is 117 Å². The summed E-state index contributed by atoms with van der Waals surface area (Å²) in [6.07, 6.45) is 11.0. The van der Waals surface area contributed by atoms with E-state index in [0.29, 0.717) is 92.9 Å². The smallest absolute Gasteiger partial charge is 0.318 e. The molecule has 16 nitrogen and oxygen atoms in total. The summed E-state index contributed by atoms with van der Waals surface area (Å²) in [6.45, 7) is 14.9. The van der Waals surface area contributed by atoms with Gasteiger partial charge >= 0.3 is 6.03 Å². The predicted octanol–water partition coefficient (Wildman–Crippen LogP) is 7.20. The van der Waals surface area contributed by atoms with Crippen LogP contribution in [0.3, 0.4) is 0 Å². The number of hydrogen-bond acceptors (Lipinski definition) is 11. The summed E-state index contributed by atoms with van der Waals surface area (Å²) in [5, 5.41) is 21.6. The number of nitrogens with one attached hydrogen (secondary N) is 2. The minimum absolute atomic E-state index is 0.0853. The molecule has 5 amide bonds. The number of nitrogens with zero attached hydrogens (tertiary/aromatic N) is 9. The molecular weight excluding hydrogens is 927 g/mol. The van der Waals surface area contributed by atoms with Crippen molar-refractivity contribution < 1.29 is 24.3 Å². The molecule has 11 rings (SSSR count). The number of carbonyl (C=O) groups excluding carboxylic acids is 4. The number of aliphatic hydroxyl groups excluding tert-OH is 1. The number of aliphatic hydroxyl groups is 1. The average molecular weight is 996 g/mol. The van der Waals surface area contributed by atoms with E-state index in [0.717, 1.165) is 77.1 Å². The van der Waals surface area contributed by atoms with Crippen molar-refractivity contribution in [1.29, 1.82) is 0 Å². The van der Waals surface area contributed by atoms with Gasteiger partial charge in [-0.2, -0.15) is 5.10 Å². The lowest BCUT2D eigenvalue weighted by molar-refractivity contribution is -0.135. The molecule has 0 radical (unpaired) electrons. The third-order valence-corrected chi connectivity index (χ3v) is 17.6. The fourth-order valence-electron chi connectivity index (χ4n) is 12.4. The Kier molecular flexibility index (Phi) is 13.1. The number of thiazole rings is 1. The molecule has 380 valence electrons. The van der Waals surface area contributed by atoms with Gasteiger partial charge in [0.1, 0.15) is 17.6 Å². The molecule has 4 aliphatic heterocycles. The molecule has 3 saturated heterocycles. The number of urea groups is 1. The van der Waals surface area contributed by atoms with E-state index in [-0.39, 0.29) is 29.2 Å². The molecule has 72 heavy (non-hydrogen) atoms. The molecule has 6 aliphatic rings. The average Bonchev–Trinajstić information content (AvgIpc) is 4.09. The van der Waals surface area contributed by atoms with Gasteiger partial charge in [0.05, 0.1) is 22.5 Å². The van der Waals surface area contributed by atoms with Crippen molar-refractivity contribution in [3.63, 3.8) is 0 Å². The van der Waals surface area contributed by atoms with Crippen LogP contribution in [0.1, 0.15) is 110 Å². The van der Waals surface area contributed by atoms with Crippen LogP contribution in [0, 0.1) is 23.7 Å². The number of pyridine rings is 1. The first-order chi connectivity index (χ1) is 34.7. The molecule has 3 N–H and O–H groups in total. The number of rotatable bonds is 10. The van der Waals surface area contributed by atoms with E-state index in [2.05, 4.69) is 49.2 Å². The summed E-state index contributed by atoms with van der Waals surface area (Å²) in [4.78, 5) is 75.9. The van der Waals surface area contributed by atoms with Gasteiger partial charge < -0.3 is 30.0 Å².